The predicted octanol–water partition coefficient (Wildman–Crippen LogP) is 1.18. The highest BCUT2D eigenvalue weighted by atomic mass is 16.4. The lowest BCUT2D eigenvalue weighted by Crippen LogP contribution is -2.25. The molecule has 18 heavy (non-hydrogen) atoms. The van der Waals surface area contributed by atoms with Gasteiger partial charge in [-0.25, -0.2) is 4.79 Å². The van der Waals surface area contributed by atoms with E-state index in [0.717, 1.165) is 5.69 Å². The van der Waals surface area contributed by atoms with Gasteiger partial charge in [-0.3, -0.25) is 9.78 Å². The summed E-state index contributed by atoms with van der Waals surface area (Å²) in [5.41, 5.74) is 0.508. The van der Waals surface area contributed by atoms with Gasteiger partial charge >= 0.3 is 5.97 Å². The molecule has 0 saturated heterocycles. The van der Waals surface area contributed by atoms with Crippen molar-refractivity contribution in [2.24, 2.45) is 0 Å². The molecule has 0 amide bonds. The topological polar surface area (TPSA) is 72.2 Å². The number of hydrogen-bond donors (Lipinski definition) is 1. The molecule has 0 spiro atoms. The molecule has 0 saturated carbocycles. The van der Waals surface area contributed by atoms with Crippen molar-refractivity contribution < 1.29 is 9.90 Å². The number of carboxylic acid groups (broad SMARTS) is 1. The normalized spacial score (nSPS) is 10.2. The number of hydrogen-bond acceptors (Lipinski definition) is 3. The number of aromatic carboxylic acids is 1. The van der Waals surface area contributed by atoms with Gasteiger partial charge in [-0.05, 0) is 18.2 Å². The Morgan fingerprint density at radius 1 is 1.22 bits per heavy atom. The number of aromatic nitrogens is 2. The molecule has 2 aromatic heterocycles. The van der Waals surface area contributed by atoms with Crippen LogP contribution in [0.2, 0.25) is 0 Å². The molecule has 92 valence electrons. The Bertz CT molecular complexity index is 605. The van der Waals surface area contributed by atoms with Crippen molar-refractivity contribution in [3.63, 3.8) is 0 Å². The molecule has 0 aliphatic carbocycles. The highest BCUT2D eigenvalue weighted by Gasteiger charge is 2.10. The van der Waals surface area contributed by atoms with Crippen molar-refractivity contribution >= 4 is 5.97 Å². The standard InChI is InChI=1S/C13H12N2O3/c16-12-6-3-5-11(13(17)18)15(12)9-7-10-4-1-2-8-14-10/h1-6,8H,7,9H2,(H,17,18). The van der Waals surface area contributed by atoms with Gasteiger partial charge in [0.15, 0.2) is 0 Å². The fourth-order valence-corrected chi connectivity index (χ4v) is 1.71. The third-order valence-electron chi connectivity index (χ3n) is 2.59. The van der Waals surface area contributed by atoms with Gasteiger partial charge in [-0.1, -0.05) is 12.1 Å². The molecule has 0 fully saturated rings. The molecule has 5 nitrogen and oxygen atoms in total. The number of aryl methyl sites for hydroxylation is 1. The number of carboxylic acids is 1. The summed E-state index contributed by atoms with van der Waals surface area (Å²) in [4.78, 5) is 26.8. The molecule has 1 N–H and O–H groups in total. The van der Waals surface area contributed by atoms with Crippen LogP contribution in [0, 0.1) is 0 Å². The van der Waals surface area contributed by atoms with Gasteiger partial charge in [0.05, 0.1) is 0 Å². The molecule has 2 heterocycles. The SMILES string of the molecule is O=C(O)c1cccc(=O)n1CCc1ccccn1. The Kier molecular flexibility index (Phi) is 3.52. The molecule has 5 heteroatoms. The second-order valence-electron chi connectivity index (χ2n) is 3.78. The first-order valence-electron chi connectivity index (χ1n) is 5.51. The summed E-state index contributed by atoms with van der Waals surface area (Å²) in [6.07, 6.45) is 2.19. The van der Waals surface area contributed by atoms with Crippen molar-refractivity contribution in [2.45, 2.75) is 13.0 Å². The number of carbonyl (C=O) groups is 1. The van der Waals surface area contributed by atoms with Gasteiger partial charge in [0, 0.05) is 30.9 Å². The van der Waals surface area contributed by atoms with Gasteiger partial charge in [-0.2, -0.15) is 0 Å². The molecule has 0 unspecified atom stereocenters. The van der Waals surface area contributed by atoms with E-state index in [1.807, 2.05) is 12.1 Å². The van der Waals surface area contributed by atoms with E-state index in [2.05, 4.69) is 4.98 Å². The summed E-state index contributed by atoms with van der Waals surface area (Å²) in [5.74, 6) is -1.10. The number of nitrogens with zero attached hydrogens (tertiary/aromatic N) is 2. The van der Waals surface area contributed by atoms with Crippen molar-refractivity contribution in [1.29, 1.82) is 0 Å². The van der Waals surface area contributed by atoms with Crippen molar-refractivity contribution in [3.05, 3.63) is 64.3 Å². The highest BCUT2D eigenvalue weighted by Crippen LogP contribution is 2.01. The fraction of sp³-hybridized carbons (Fsp3) is 0.154. The fourth-order valence-electron chi connectivity index (χ4n) is 1.71. The first-order valence-corrected chi connectivity index (χ1v) is 5.51. The molecular formula is C13H12N2O3. The third kappa shape index (κ3) is 2.63. The minimum absolute atomic E-state index is 0.00145. The monoisotopic (exact) mass is 244 g/mol. The van der Waals surface area contributed by atoms with Crippen LogP contribution < -0.4 is 5.56 Å². The van der Waals surface area contributed by atoms with E-state index in [-0.39, 0.29) is 11.3 Å². The van der Waals surface area contributed by atoms with Crippen LogP contribution in [0.25, 0.3) is 0 Å². The minimum Gasteiger partial charge on any atom is -0.477 e. The quantitative estimate of drug-likeness (QED) is 0.876. The molecule has 0 atom stereocenters. The van der Waals surface area contributed by atoms with E-state index < -0.39 is 5.97 Å². The molecule has 0 aliphatic rings. The van der Waals surface area contributed by atoms with Crippen LogP contribution in [-0.2, 0) is 13.0 Å². The molecule has 0 radical (unpaired) electrons. The average Bonchev–Trinajstić information content (AvgIpc) is 2.38. The second-order valence-corrected chi connectivity index (χ2v) is 3.78. The van der Waals surface area contributed by atoms with Crippen LogP contribution in [0.1, 0.15) is 16.2 Å². The van der Waals surface area contributed by atoms with Gasteiger partial charge in [-0.15, -0.1) is 0 Å². The van der Waals surface area contributed by atoms with Crippen molar-refractivity contribution in [3.8, 4) is 0 Å². The van der Waals surface area contributed by atoms with Gasteiger partial charge in [0.1, 0.15) is 5.69 Å². The van der Waals surface area contributed by atoms with E-state index in [4.69, 9.17) is 5.11 Å². The molecule has 0 aromatic carbocycles. The highest BCUT2D eigenvalue weighted by molar-refractivity contribution is 5.85. The number of pyridine rings is 2. The first-order chi connectivity index (χ1) is 8.68. The summed E-state index contributed by atoms with van der Waals surface area (Å²) in [6, 6.07) is 9.72. The molecule has 2 aromatic rings. The summed E-state index contributed by atoms with van der Waals surface area (Å²) < 4.78 is 1.25. The van der Waals surface area contributed by atoms with Crippen LogP contribution in [0.4, 0.5) is 0 Å². The van der Waals surface area contributed by atoms with Crippen LogP contribution in [-0.4, -0.2) is 20.6 Å². The van der Waals surface area contributed by atoms with Crippen LogP contribution in [0.15, 0.2) is 47.4 Å². The zero-order valence-corrected chi connectivity index (χ0v) is 9.61. The zero-order chi connectivity index (χ0) is 13.0. The lowest BCUT2D eigenvalue weighted by atomic mass is 10.2. The lowest BCUT2D eigenvalue weighted by Gasteiger charge is -2.08. The van der Waals surface area contributed by atoms with Crippen LogP contribution in [0.5, 0.6) is 0 Å². The van der Waals surface area contributed by atoms with E-state index >= 15 is 0 Å². The molecule has 0 bridgehead atoms. The minimum atomic E-state index is -1.10. The first kappa shape index (κ1) is 12.0. The maximum absolute atomic E-state index is 11.6. The summed E-state index contributed by atoms with van der Waals surface area (Å²) in [6.45, 7) is 0.304. The summed E-state index contributed by atoms with van der Waals surface area (Å²) in [5, 5.41) is 9.01. The Balaban J connectivity index is 2.24. The average molecular weight is 244 g/mol. The van der Waals surface area contributed by atoms with Gasteiger partial charge in [0.2, 0.25) is 0 Å². The Morgan fingerprint density at radius 3 is 2.72 bits per heavy atom. The summed E-state index contributed by atoms with van der Waals surface area (Å²) in [7, 11) is 0. The molecular weight excluding hydrogens is 232 g/mol. The van der Waals surface area contributed by atoms with Crippen LogP contribution in [0.3, 0.4) is 0 Å². The maximum atomic E-state index is 11.6. The van der Waals surface area contributed by atoms with Crippen molar-refractivity contribution in [1.82, 2.24) is 9.55 Å². The van der Waals surface area contributed by atoms with Gasteiger partial charge < -0.3 is 9.67 Å². The number of rotatable bonds is 4. The van der Waals surface area contributed by atoms with Crippen LogP contribution >= 0.6 is 0 Å². The molecule has 0 aliphatic heterocycles. The zero-order valence-electron chi connectivity index (χ0n) is 9.61. The largest absolute Gasteiger partial charge is 0.477 e. The van der Waals surface area contributed by atoms with E-state index in [1.165, 1.54) is 22.8 Å². The molecule has 2 rings (SSSR count). The third-order valence-corrected chi connectivity index (χ3v) is 2.59. The predicted molar refractivity (Wildman–Crippen MR) is 65.6 cm³/mol. The summed E-state index contributed by atoms with van der Waals surface area (Å²) >= 11 is 0. The second kappa shape index (κ2) is 5.27. The van der Waals surface area contributed by atoms with E-state index in [9.17, 15) is 9.59 Å². The Morgan fingerprint density at radius 2 is 2.06 bits per heavy atom. The lowest BCUT2D eigenvalue weighted by molar-refractivity contribution is 0.0683. The Hall–Kier alpha value is -2.43. The Labute approximate surface area is 103 Å². The van der Waals surface area contributed by atoms with E-state index in [0.29, 0.717) is 13.0 Å². The van der Waals surface area contributed by atoms with E-state index in [1.54, 1.807) is 12.3 Å². The maximum Gasteiger partial charge on any atom is 0.352 e. The van der Waals surface area contributed by atoms with Gasteiger partial charge in [0.25, 0.3) is 5.56 Å². The van der Waals surface area contributed by atoms with Crippen molar-refractivity contribution in [2.75, 3.05) is 0 Å². The smallest absolute Gasteiger partial charge is 0.352 e.